The molecule has 1 aliphatic heterocycles. The molecule has 3 heterocycles. The van der Waals surface area contributed by atoms with Crippen LogP contribution in [0.3, 0.4) is 0 Å². The Balaban J connectivity index is 1.69. The second kappa shape index (κ2) is 7.05. The molecule has 1 fully saturated rings. The van der Waals surface area contributed by atoms with Crippen LogP contribution in [0.1, 0.15) is 23.2 Å². The Morgan fingerprint density at radius 3 is 2.43 bits per heavy atom. The third kappa shape index (κ3) is 3.54. The normalized spacial score (nSPS) is 15.9. The van der Waals surface area contributed by atoms with Crippen molar-refractivity contribution in [1.29, 1.82) is 0 Å². The molecule has 28 heavy (non-hydrogen) atoms. The molecule has 0 aliphatic carbocycles. The zero-order valence-corrected chi connectivity index (χ0v) is 15.6. The van der Waals surface area contributed by atoms with E-state index in [1.807, 2.05) is 35.2 Å². The molecular weight excluding hydrogens is 389 g/mol. The molecule has 0 unspecified atom stereocenters. The zero-order chi connectivity index (χ0) is 19.9. The zero-order valence-electron chi connectivity index (χ0n) is 14.7. The number of hydrogen-bond donors (Lipinski definition) is 1. The molecule has 2 aromatic heterocycles. The van der Waals surface area contributed by atoms with Gasteiger partial charge in [0.05, 0.1) is 21.9 Å². The first-order chi connectivity index (χ1) is 13.3. The van der Waals surface area contributed by atoms with Crippen LogP contribution in [-0.2, 0) is 0 Å². The summed E-state index contributed by atoms with van der Waals surface area (Å²) in [6.45, 7) is 0.531. The number of carbonyl (C=O) groups is 1. The summed E-state index contributed by atoms with van der Waals surface area (Å²) in [5.74, 6) is -1.86. The third-order valence-electron chi connectivity index (χ3n) is 4.91. The maximum Gasteiger partial charge on any atom is 0.391 e. The van der Waals surface area contributed by atoms with Gasteiger partial charge in [-0.3, -0.25) is 4.79 Å². The van der Waals surface area contributed by atoms with Gasteiger partial charge in [-0.2, -0.15) is 18.2 Å². The van der Waals surface area contributed by atoms with E-state index in [9.17, 15) is 18.0 Å². The van der Waals surface area contributed by atoms with Crippen molar-refractivity contribution < 1.29 is 18.0 Å². The molecule has 0 bridgehead atoms. The Hall–Kier alpha value is -2.68. The molecule has 0 spiro atoms. The monoisotopic (exact) mass is 406 g/mol. The second-order valence-electron chi connectivity index (χ2n) is 6.74. The van der Waals surface area contributed by atoms with Crippen LogP contribution in [0.2, 0.25) is 0 Å². The highest BCUT2D eigenvalue weighted by Gasteiger charge is 2.41. The standard InChI is InChI=1S/C19H17F3N4OS/c20-19(21,22)12-6-8-26(9-7-12)18-25-17-15(28-18)13(16(23)27)10-14(24-17)11-4-2-1-3-5-11/h1-5,10,12H,6-9H2,(H2,23,27). The van der Waals surface area contributed by atoms with E-state index in [1.165, 1.54) is 11.3 Å². The average molecular weight is 406 g/mol. The number of alkyl halides is 3. The number of nitrogens with zero attached hydrogens (tertiary/aromatic N) is 3. The van der Waals surface area contributed by atoms with Gasteiger partial charge >= 0.3 is 6.18 Å². The molecule has 2 N–H and O–H groups in total. The number of nitrogens with two attached hydrogens (primary N) is 1. The van der Waals surface area contributed by atoms with Crippen LogP contribution >= 0.6 is 11.3 Å². The van der Waals surface area contributed by atoms with Crippen molar-refractivity contribution in [2.75, 3.05) is 18.0 Å². The van der Waals surface area contributed by atoms with Gasteiger partial charge in [-0.05, 0) is 18.9 Å². The van der Waals surface area contributed by atoms with E-state index in [-0.39, 0.29) is 25.9 Å². The first-order valence-electron chi connectivity index (χ1n) is 8.81. The highest BCUT2D eigenvalue weighted by molar-refractivity contribution is 7.22. The minimum Gasteiger partial charge on any atom is -0.366 e. The Kier molecular flexibility index (Phi) is 4.70. The lowest BCUT2D eigenvalue weighted by Gasteiger charge is -2.32. The summed E-state index contributed by atoms with van der Waals surface area (Å²) in [6.07, 6.45) is -4.10. The first-order valence-corrected chi connectivity index (χ1v) is 9.63. The van der Waals surface area contributed by atoms with Gasteiger partial charge in [-0.25, -0.2) is 4.98 Å². The third-order valence-corrected chi connectivity index (χ3v) is 6.05. The molecule has 9 heteroatoms. The Morgan fingerprint density at radius 2 is 1.82 bits per heavy atom. The number of amides is 1. The van der Waals surface area contributed by atoms with Gasteiger partial charge < -0.3 is 10.6 Å². The highest BCUT2D eigenvalue weighted by atomic mass is 32.1. The second-order valence-corrected chi connectivity index (χ2v) is 7.71. The molecule has 1 amide bonds. The first kappa shape index (κ1) is 18.7. The maximum absolute atomic E-state index is 12.9. The summed E-state index contributed by atoms with van der Waals surface area (Å²) in [4.78, 5) is 22.8. The number of aromatic nitrogens is 2. The molecule has 0 saturated carbocycles. The highest BCUT2D eigenvalue weighted by Crippen LogP contribution is 2.38. The number of piperidine rings is 1. The lowest BCUT2D eigenvalue weighted by Crippen LogP contribution is -2.38. The van der Waals surface area contributed by atoms with Crippen LogP contribution in [-0.4, -0.2) is 35.1 Å². The Labute approximate surface area is 163 Å². The molecule has 1 aromatic carbocycles. The van der Waals surface area contributed by atoms with Crippen molar-refractivity contribution in [3.8, 4) is 11.3 Å². The predicted molar refractivity (Wildman–Crippen MR) is 102 cm³/mol. The summed E-state index contributed by atoms with van der Waals surface area (Å²) in [6, 6.07) is 11.0. The fourth-order valence-electron chi connectivity index (χ4n) is 3.37. The number of primary amides is 1. The van der Waals surface area contributed by atoms with E-state index in [0.29, 0.717) is 26.7 Å². The van der Waals surface area contributed by atoms with E-state index < -0.39 is 18.0 Å². The summed E-state index contributed by atoms with van der Waals surface area (Å²) in [5, 5.41) is 0.566. The quantitative estimate of drug-likeness (QED) is 0.706. The van der Waals surface area contributed by atoms with Gasteiger partial charge in [0.25, 0.3) is 0 Å². The molecule has 5 nitrogen and oxygen atoms in total. The van der Waals surface area contributed by atoms with E-state index in [1.54, 1.807) is 6.07 Å². The van der Waals surface area contributed by atoms with Crippen LogP contribution in [0.15, 0.2) is 36.4 Å². The van der Waals surface area contributed by atoms with Crippen molar-refractivity contribution in [3.05, 3.63) is 42.0 Å². The van der Waals surface area contributed by atoms with E-state index >= 15 is 0 Å². The topological polar surface area (TPSA) is 72.1 Å². The SMILES string of the molecule is NC(=O)c1cc(-c2ccccc2)nc2nc(N3CCC(C(F)(F)F)CC3)sc12. The number of halogens is 3. The Bertz CT molecular complexity index is 1010. The number of pyridine rings is 1. The smallest absolute Gasteiger partial charge is 0.366 e. The van der Waals surface area contributed by atoms with Gasteiger partial charge in [0.1, 0.15) is 0 Å². The van der Waals surface area contributed by atoms with E-state index in [4.69, 9.17) is 5.73 Å². The van der Waals surface area contributed by atoms with Gasteiger partial charge in [0.2, 0.25) is 5.91 Å². The molecule has 3 aromatic rings. The lowest BCUT2D eigenvalue weighted by atomic mass is 9.97. The van der Waals surface area contributed by atoms with Gasteiger partial charge in [0.15, 0.2) is 10.8 Å². The van der Waals surface area contributed by atoms with Crippen molar-refractivity contribution in [2.45, 2.75) is 19.0 Å². The molecule has 0 radical (unpaired) electrons. The number of fused-ring (bicyclic) bond motifs is 1. The fourth-order valence-corrected chi connectivity index (χ4v) is 4.45. The molecule has 4 rings (SSSR count). The van der Waals surface area contributed by atoms with Crippen molar-refractivity contribution in [2.24, 2.45) is 11.7 Å². The maximum atomic E-state index is 12.9. The van der Waals surface area contributed by atoms with Crippen LogP contribution in [0.5, 0.6) is 0 Å². The fraction of sp³-hybridized carbons (Fsp3) is 0.316. The number of benzene rings is 1. The van der Waals surface area contributed by atoms with E-state index in [0.717, 1.165) is 5.56 Å². The van der Waals surface area contributed by atoms with Crippen LogP contribution in [0.25, 0.3) is 21.6 Å². The predicted octanol–water partition coefficient (Wildman–Crippen LogP) is 4.24. The summed E-state index contributed by atoms with van der Waals surface area (Å²) in [5.41, 5.74) is 7.66. The Morgan fingerprint density at radius 1 is 1.14 bits per heavy atom. The number of thiazole rings is 1. The lowest BCUT2D eigenvalue weighted by molar-refractivity contribution is -0.179. The molecular formula is C19H17F3N4OS. The van der Waals surface area contributed by atoms with Crippen LogP contribution in [0, 0.1) is 5.92 Å². The summed E-state index contributed by atoms with van der Waals surface area (Å²) >= 11 is 1.24. The number of anilines is 1. The summed E-state index contributed by atoms with van der Waals surface area (Å²) in [7, 11) is 0. The van der Waals surface area contributed by atoms with Crippen molar-refractivity contribution >= 4 is 32.7 Å². The summed E-state index contributed by atoms with van der Waals surface area (Å²) < 4.78 is 39.2. The molecule has 146 valence electrons. The average Bonchev–Trinajstić information content (AvgIpc) is 3.11. The number of hydrogen-bond acceptors (Lipinski definition) is 5. The largest absolute Gasteiger partial charge is 0.391 e. The van der Waals surface area contributed by atoms with Crippen LogP contribution < -0.4 is 10.6 Å². The van der Waals surface area contributed by atoms with Gasteiger partial charge in [-0.15, -0.1) is 0 Å². The van der Waals surface area contributed by atoms with Gasteiger partial charge in [0, 0.05) is 18.7 Å². The molecule has 0 atom stereocenters. The minimum atomic E-state index is -4.16. The van der Waals surface area contributed by atoms with Crippen molar-refractivity contribution in [3.63, 3.8) is 0 Å². The van der Waals surface area contributed by atoms with Crippen LogP contribution in [0.4, 0.5) is 18.3 Å². The molecule has 1 aliphatic rings. The van der Waals surface area contributed by atoms with Gasteiger partial charge in [-0.1, -0.05) is 41.7 Å². The van der Waals surface area contributed by atoms with Crippen molar-refractivity contribution in [1.82, 2.24) is 9.97 Å². The van der Waals surface area contributed by atoms with E-state index in [2.05, 4.69) is 9.97 Å². The minimum absolute atomic E-state index is 0.0325. The molecule has 1 saturated heterocycles. The number of carbonyl (C=O) groups excluding carboxylic acids is 1. The number of rotatable bonds is 3.